The summed E-state index contributed by atoms with van der Waals surface area (Å²) in [5.74, 6) is 0.0625. The number of nitro benzene ring substituents is 1. The molecule has 1 aromatic rings. The van der Waals surface area contributed by atoms with Crippen LogP contribution in [0.25, 0.3) is 0 Å². The first-order valence-corrected chi connectivity index (χ1v) is 8.70. The van der Waals surface area contributed by atoms with Crippen LogP contribution in [0.1, 0.15) is 19.3 Å². The number of morpholine rings is 1. The molecule has 1 aliphatic heterocycles. The average Bonchev–Trinajstić information content (AvgIpc) is 2.63. The number of amides is 1. The van der Waals surface area contributed by atoms with E-state index in [9.17, 15) is 14.9 Å². The van der Waals surface area contributed by atoms with E-state index in [1.807, 2.05) is 0 Å². The Kier molecular flexibility index (Phi) is 8.14. The van der Waals surface area contributed by atoms with Crippen LogP contribution in [-0.2, 0) is 9.53 Å². The monoisotopic (exact) mass is 350 g/mol. The van der Waals surface area contributed by atoms with Crippen LogP contribution in [0, 0.1) is 10.1 Å². The maximum absolute atomic E-state index is 11.8. The highest BCUT2D eigenvalue weighted by Crippen LogP contribution is 2.15. The molecule has 0 aromatic heterocycles. The van der Waals surface area contributed by atoms with Crippen LogP contribution in [0.3, 0.4) is 0 Å². The Morgan fingerprint density at radius 1 is 1.16 bits per heavy atom. The van der Waals surface area contributed by atoms with Gasteiger partial charge in [0.25, 0.3) is 5.69 Å². The highest BCUT2D eigenvalue weighted by atomic mass is 16.6. The Morgan fingerprint density at radius 2 is 1.88 bits per heavy atom. The molecule has 1 amide bonds. The zero-order chi connectivity index (χ0) is 17.9. The summed E-state index contributed by atoms with van der Waals surface area (Å²) in [6, 6.07) is 6.26. The molecule has 25 heavy (non-hydrogen) atoms. The number of ether oxygens (including phenoxy) is 1. The number of anilines is 1. The molecular formula is C17H26N4O4. The smallest absolute Gasteiger partial charge is 0.269 e. The van der Waals surface area contributed by atoms with Gasteiger partial charge in [-0.25, -0.2) is 0 Å². The number of nitro groups is 1. The van der Waals surface area contributed by atoms with Crippen molar-refractivity contribution >= 4 is 17.3 Å². The molecule has 0 radical (unpaired) electrons. The molecule has 1 heterocycles. The van der Waals surface area contributed by atoms with Crippen molar-refractivity contribution in [3.05, 3.63) is 34.4 Å². The van der Waals surface area contributed by atoms with Crippen molar-refractivity contribution in [2.45, 2.75) is 19.3 Å². The summed E-state index contributed by atoms with van der Waals surface area (Å²) in [6.45, 7) is 5.89. The van der Waals surface area contributed by atoms with E-state index in [1.165, 1.54) is 12.1 Å². The van der Waals surface area contributed by atoms with Crippen molar-refractivity contribution in [3.8, 4) is 0 Å². The minimum Gasteiger partial charge on any atom is -0.385 e. The number of nitrogens with zero attached hydrogens (tertiary/aromatic N) is 2. The number of benzene rings is 1. The van der Waals surface area contributed by atoms with Crippen molar-refractivity contribution in [3.63, 3.8) is 0 Å². The van der Waals surface area contributed by atoms with Gasteiger partial charge in [0.1, 0.15) is 0 Å². The van der Waals surface area contributed by atoms with Gasteiger partial charge in [-0.3, -0.25) is 19.8 Å². The molecule has 1 aliphatic rings. The first kappa shape index (κ1) is 19.1. The maximum atomic E-state index is 11.8. The number of hydrogen-bond acceptors (Lipinski definition) is 6. The largest absolute Gasteiger partial charge is 0.385 e. The van der Waals surface area contributed by atoms with E-state index < -0.39 is 4.92 Å². The van der Waals surface area contributed by atoms with Gasteiger partial charge in [0.05, 0.1) is 18.1 Å². The molecule has 138 valence electrons. The van der Waals surface area contributed by atoms with Gasteiger partial charge in [-0.15, -0.1) is 0 Å². The first-order chi connectivity index (χ1) is 12.1. The Hall–Kier alpha value is -2.19. The van der Waals surface area contributed by atoms with Gasteiger partial charge in [0.15, 0.2) is 0 Å². The zero-order valence-corrected chi connectivity index (χ0v) is 14.4. The summed E-state index contributed by atoms with van der Waals surface area (Å²) in [5, 5.41) is 16.7. The number of carbonyl (C=O) groups is 1. The Balaban J connectivity index is 1.49. The third-order valence-corrected chi connectivity index (χ3v) is 4.06. The van der Waals surface area contributed by atoms with Crippen LogP contribution in [0.2, 0.25) is 0 Å². The number of carbonyl (C=O) groups excluding carboxylic acids is 1. The standard InChI is InChI=1S/C17H26N4O4/c22-17(19-9-2-10-20-11-13-25-14-12-20)3-1-8-18-15-4-6-16(7-5-15)21(23)24/h4-7,18H,1-3,8-14H2,(H,19,22). The lowest BCUT2D eigenvalue weighted by molar-refractivity contribution is -0.384. The van der Waals surface area contributed by atoms with E-state index in [2.05, 4.69) is 15.5 Å². The first-order valence-electron chi connectivity index (χ1n) is 8.70. The topological polar surface area (TPSA) is 96.7 Å². The van der Waals surface area contributed by atoms with Gasteiger partial charge in [-0.1, -0.05) is 0 Å². The summed E-state index contributed by atoms with van der Waals surface area (Å²) in [5.41, 5.74) is 0.888. The average molecular weight is 350 g/mol. The Morgan fingerprint density at radius 3 is 2.56 bits per heavy atom. The lowest BCUT2D eigenvalue weighted by atomic mass is 10.2. The molecule has 0 saturated carbocycles. The van der Waals surface area contributed by atoms with Gasteiger partial charge in [-0.05, 0) is 31.5 Å². The summed E-state index contributed by atoms with van der Waals surface area (Å²) < 4.78 is 5.30. The van der Waals surface area contributed by atoms with E-state index in [0.29, 0.717) is 25.9 Å². The van der Waals surface area contributed by atoms with Gasteiger partial charge < -0.3 is 15.4 Å². The molecule has 8 nitrogen and oxygen atoms in total. The Labute approximate surface area is 147 Å². The van der Waals surface area contributed by atoms with Crippen LogP contribution in [0.5, 0.6) is 0 Å². The van der Waals surface area contributed by atoms with Crippen LogP contribution < -0.4 is 10.6 Å². The quantitative estimate of drug-likeness (QED) is 0.378. The molecule has 8 heteroatoms. The number of rotatable bonds is 10. The molecule has 1 saturated heterocycles. The molecule has 2 N–H and O–H groups in total. The normalized spacial score (nSPS) is 14.9. The number of hydrogen-bond donors (Lipinski definition) is 2. The van der Waals surface area contributed by atoms with Crippen molar-refractivity contribution in [2.75, 3.05) is 51.3 Å². The molecule has 1 aromatic carbocycles. The number of non-ortho nitro benzene ring substituents is 1. The van der Waals surface area contributed by atoms with E-state index in [4.69, 9.17) is 4.74 Å². The summed E-state index contributed by atoms with van der Waals surface area (Å²) in [7, 11) is 0. The van der Waals surface area contributed by atoms with E-state index in [-0.39, 0.29) is 11.6 Å². The maximum Gasteiger partial charge on any atom is 0.269 e. The fraction of sp³-hybridized carbons (Fsp3) is 0.588. The van der Waals surface area contributed by atoms with Crippen molar-refractivity contribution < 1.29 is 14.5 Å². The van der Waals surface area contributed by atoms with E-state index in [1.54, 1.807) is 12.1 Å². The Bertz CT molecular complexity index is 544. The van der Waals surface area contributed by atoms with Crippen molar-refractivity contribution in [1.82, 2.24) is 10.2 Å². The minimum atomic E-state index is -0.423. The van der Waals surface area contributed by atoms with Gasteiger partial charge >= 0.3 is 0 Å². The molecule has 2 rings (SSSR count). The predicted octanol–water partition coefficient (Wildman–Crippen LogP) is 1.63. The molecule has 0 unspecified atom stereocenters. The third kappa shape index (κ3) is 7.49. The molecule has 1 fully saturated rings. The highest BCUT2D eigenvalue weighted by molar-refractivity contribution is 5.75. The minimum absolute atomic E-state index is 0.0625. The van der Waals surface area contributed by atoms with Gasteiger partial charge in [0.2, 0.25) is 5.91 Å². The fourth-order valence-corrected chi connectivity index (χ4v) is 2.63. The number of nitrogens with one attached hydrogen (secondary N) is 2. The molecule has 0 bridgehead atoms. The van der Waals surface area contributed by atoms with E-state index in [0.717, 1.165) is 45.0 Å². The van der Waals surface area contributed by atoms with Crippen LogP contribution in [0.4, 0.5) is 11.4 Å². The molecule has 0 spiro atoms. The molecule has 0 aliphatic carbocycles. The lowest BCUT2D eigenvalue weighted by Crippen LogP contribution is -2.38. The second-order valence-electron chi connectivity index (χ2n) is 5.99. The van der Waals surface area contributed by atoms with Crippen molar-refractivity contribution in [2.24, 2.45) is 0 Å². The highest BCUT2D eigenvalue weighted by Gasteiger charge is 2.09. The van der Waals surface area contributed by atoms with Crippen molar-refractivity contribution in [1.29, 1.82) is 0 Å². The third-order valence-electron chi connectivity index (χ3n) is 4.06. The van der Waals surface area contributed by atoms with E-state index >= 15 is 0 Å². The fourth-order valence-electron chi connectivity index (χ4n) is 2.63. The van der Waals surface area contributed by atoms with Crippen LogP contribution >= 0.6 is 0 Å². The summed E-state index contributed by atoms with van der Waals surface area (Å²) >= 11 is 0. The second kappa shape index (κ2) is 10.6. The molecular weight excluding hydrogens is 324 g/mol. The van der Waals surface area contributed by atoms with Crippen LogP contribution in [0.15, 0.2) is 24.3 Å². The van der Waals surface area contributed by atoms with Gasteiger partial charge in [-0.2, -0.15) is 0 Å². The SMILES string of the molecule is O=C(CCCNc1ccc([N+](=O)[O-])cc1)NCCCN1CCOCC1. The van der Waals surface area contributed by atoms with Crippen LogP contribution in [-0.4, -0.2) is 61.7 Å². The zero-order valence-electron chi connectivity index (χ0n) is 14.4. The van der Waals surface area contributed by atoms with Gasteiger partial charge in [0, 0.05) is 50.4 Å². The molecule has 0 atom stereocenters. The second-order valence-corrected chi connectivity index (χ2v) is 5.99. The lowest BCUT2D eigenvalue weighted by Gasteiger charge is -2.26. The predicted molar refractivity (Wildman–Crippen MR) is 95.7 cm³/mol. The summed E-state index contributed by atoms with van der Waals surface area (Å²) in [6.07, 6.45) is 2.14. The summed E-state index contributed by atoms with van der Waals surface area (Å²) in [4.78, 5) is 24.3.